The zero-order valence-corrected chi connectivity index (χ0v) is 21.4. The molecule has 3 heterocycles. The van der Waals surface area contributed by atoms with E-state index in [2.05, 4.69) is 65.9 Å². The first-order valence-electron chi connectivity index (χ1n) is 12.7. The molecule has 0 saturated carbocycles. The Balaban J connectivity index is 1.72. The first-order valence-corrected chi connectivity index (χ1v) is 13.5. The third kappa shape index (κ3) is 2.60. The standard InChI is InChI=1S/C34H21NO2S/c1-34(20-10-3-2-4-11-20)25-15-6-8-17-27(25)38-28-19-18-24-31(29(28)34)35-26-16-7-5-12-21(26)32(36)22-13-9-14-23(30(22)35)33(24)37/h2-19H,1H3. The molecule has 0 spiro atoms. The SMILES string of the molecule is CC1(c2ccccc2)c2ccccc2Sc2ccc3c(=O)c4cccc5c(=O)c6ccccc6n(c3c21)c54. The monoisotopic (exact) mass is 507 g/mol. The molecule has 1 atom stereocenters. The smallest absolute Gasteiger partial charge is 0.197 e. The van der Waals surface area contributed by atoms with Gasteiger partial charge in [0.15, 0.2) is 10.9 Å². The first-order chi connectivity index (χ1) is 18.6. The van der Waals surface area contributed by atoms with Gasteiger partial charge in [-0.05, 0) is 60.5 Å². The second-order valence-electron chi connectivity index (χ2n) is 10.1. The maximum atomic E-state index is 14.1. The maximum absolute atomic E-state index is 14.1. The largest absolute Gasteiger partial charge is 0.307 e. The molecule has 7 aromatic rings. The Morgan fingerprint density at radius 2 is 1.21 bits per heavy atom. The molecular weight excluding hydrogens is 486 g/mol. The van der Waals surface area contributed by atoms with Crippen molar-refractivity contribution in [2.75, 3.05) is 0 Å². The molecule has 2 aromatic heterocycles. The summed E-state index contributed by atoms with van der Waals surface area (Å²) in [6.45, 7) is 2.27. The molecule has 1 aliphatic heterocycles. The number of hydrogen-bond donors (Lipinski definition) is 0. The van der Waals surface area contributed by atoms with Crippen LogP contribution in [0.1, 0.15) is 23.6 Å². The fraction of sp³-hybridized carbons (Fsp3) is 0.0588. The number of hydrogen-bond acceptors (Lipinski definition) is 3. The Bertz CT molecular complexity index is 2200. The fourth-order valence-corrected chi connectivity index (χ4v) is 7.81. The van der Waals surface area contributed by atoms with Crippen LogP contribution in [0.5, 0.6) is 0 Å². The quantitative estimate of drug-likeness (QED) is 0.172. The number of para-hydroxylation sites is 2. The summed E-state index contributed by atoms with van der Waals surface area (Å²) < 4.78 is 2.19. The van der Waals surface area contributed by atoms with Crippen molar-refractivity contribution < 1.29 is 0 Å². The molecule has 0 N–H and O–H groups in total. The summed E-state index contributed by atoms with van der Waals surface area (Å²) in [5.74, 6) is 0. The Kier molecular flexibility index (Phi) is 4.31. The Hall–Kier alpha value is -4.41. The molecule has 0 aliphatic carbocycles. The van der Waals surface area contributed by atoms with Crippen molar-refractivity contribution >= 4 is 49.9 Å². The van der Waals surface area contributed by atoms with Crippen LogP contribution in [0.4, 0.5) is 0 Å². The minimum absolute atomic E-state index is 0.0395. The zero-order valence-electron chi connectivity index (χ0n) is 20.6. The molecule has 5 aromatic carbocycles. The van der Waals surface area contributed by atoms with Crippen LogP contribution in [-0.2, 0) is 5.41 Å². The average molecular weight is 508 g/mol. The summed E-state index contributed by atoms with van der Waals surface area (Å²) in [5.41, 5.74) is 5.26. The lowest BCUT2D eigenvalue weighted by Gasteiger charge is -2.39. The van der Waals surface area contributed by atoms with E-state index in [-0.39, 0.29) is 10.9 Å². The fourth-order valence-electron chi connectivity index (χ4n) is 6.50. The van der Waals surface area contributed by atoms with E-state index in [1.54, 1.807) is 11.8 Å². The van der Waals surface area contributed by atoms with Crippen molar-refractivity contribution in [3.63, 3.8) is 0 Å². The van der Waals surface area contributed by atoms with Gasteiger partial charge in [0.25, 0.3) is 0 Å². The summed E-state index contributed by atoms with van der Waals surface area (Å²) in [4.78, 5) is 30.1. The van der Waals surface area contributed by atoms with Crippen molar-refractivity contribution in [3.05, 3.63) is 146 Å². The molecular formula is C34H21NO2S. The van der Waals surface area contributed by atoms with Crippen molar-refractivity contribution in [3.8, 4) is 0 Å². The summed E-state index contributed by atoms with van der Waals surface area (Å²) in [6.07, 6.45) is 0. The van der Waals surface area contributed by atoms with Gasteiger partial charge in [0.05, 0.1) is 16.6 Å². The van der Waals surface area contributed by atoms with Crippen LogP contribution < -0.4 is 10.9 Å². The Morgan fingerprint density at radius 3 is 2.03 bits per heavy atom. The number of fused-ring (bicyclic) bond motifs is 7. The second kappa shape index (κ2) is 7.56. The lowest BCUT2D eigenvalue weighted by Crippen LogP contribution is -2.30. The van der Waals surface area contributed by atoms with Gasteiger partial charge >= 0.3 is 0 Å². The highest BCUT2D eigenvalue weighted by atomic mass is 32.2. The minimum Gasteiger partial charge on any atom is -0.307 e. The third-order valence-electron chi connectivity index (χ3n) is 8.24. The predicted molar refractivity (Wildman–Crippen MR) is 156 cm³/mol. The molecule has 180 valence electrons. The van der Waals surface area contributed by atoms with E-state index >= 15 is 0 Å². The maximum Gasteiger partial charge on any atom is 0.197 e. The molecule has 0 bridgehead atoms. The van der Waals surface area contributed by atoms with E-state index in [0.29, 0.717) is 27.1 Å². The molecule has 4 heteroatoms. The summed E-state index contributed by atoms with van der Waals surface area (Å²) in [5, 5.41) is 2.46. The first kappa shape index (κ1) is 21.7. The van der Waals surface area contributed by atoms with Gasteiger partial charge in [-0.25, -0.2) is 0 Å². The van der Waals surface area contributed by atoms with Crippen LogP contribution in [0.25, 0.3) is 38.1 Å². The molecule has 0 amide bonds. The molecule has 1 aliphatic rings. The van der Waals surface area contributed by atoms with E-state index in [4.69, 9.17) is 0 Å². The van der Waals surface area contributed by atoms with Gasteiger partial charge in [-0.1, -0.05) is 78.5 Å². The van der Waals surface area contributed by atoms with Gasteiger partial charge < -0.3 is 4.40 Å². The summed E-state index contributed by atoms with van der Waals surface area (Å²) >= 11 is 1.75. The van der Waals surface area contributed by atoms with Crippen molar-refractivity contribution in [1.82, 2.24) is 4.40 Å². The normalized spacial score (nSPS) is 16.8. The molecule has 0 fully saturated rings. The van der Waals surface area contributed by atoms with Gasteiger partial charge in [-0.2, -0.15) is 0 Å². The van der Waals surface area contributed by atoms with E-state index < -0.39 is 5.41 Å². The predicted octanol–water partition coefficient (Wildman–Crippen LogP) is 7.38. The van der Waals surface area contributed by atoms with Gasteiger partial charge in [0, 0.05) is 42.3 Å². The van der Waals surface area contributed by atoms with Gasteiger partial charge in [-0.15, -0.1) is 0 Å². The highest BCUT2D eigenvalue weighted by molar-refractivity contribution is 7.99. The molecule has 0 radical (unpaired) electrons. The Labute approximate surface area is 222 Å². The highest BCUT2D eigenvalue weighted by Gasteiger charge is 2.41. The number of aromatic nitrogens is 1. The van der Waals surface area contributed by atoms with Gasteiger partial charge in [-0.3, -0.25) is 9.59 Å². The van der Waals surface area contributed by atoms with E-state index in [0.717, 1.165) is 27.1 Å². The number of nitrogens with zero attached hydrogens (tertiary/aromatic N) is 1. The van der Waals surface area contributed by atoms with Crippen LogP contribution in [0.15, 0.2) is 129 Å². The zero-order chi connectivity index (χ0) is 25.6. The van der Waals surface area contributed by atoms with Crippen LogP contribution in [0.2, 0.25) is 0 Å². The van der Waals surface area contributed by atoms with Gasteiger partial charge in [0.1, 0.15) is 0 Å². The van der Waals surface area contributed by atoms with Crippen LogP contribution in [-0.4, -0.2) is 4.40 Å². The van der Waals surface area contributed by atoms with Crippen LogP contribution in [0.3, 0.4) is 0 Å². The molecule has 1 unspecified atom stereocenters. The number of rotatable bonds is 1. The third-order valence-corrected chi connectivity index (χ3v) is 9.38. The number of pyridine rings is 2. The van der Waals surface area contributed by atoms with Crippen LogP contribution >= 0.6 is 11.8 Å². The highest BCUT2D eigenvalue weighted by Crippen LogP contribution is 2.54. The van der Waals surface area contributed by atoms with Crippen molar-refractivity contribution in [2.45, 2.75) is 22.1 Å². The summed E-state index contributed by atoms with van der Waals surface area (Å²) in [7, 11) is 0. The summed E-state index contributed by atoms with van der Waals surface area (Å²) in [6, 6.07) is 36.4. The lowest BCUT2D eigenvalue weighted by atomic mass is 9.70. The number of benzene rings is 5. The van der Waals surface area contributed by atoms with E-state index in [1.807, 2.05) is 54.6 Å². The molecule has 8 rings (SSSR count). The van der Waals surface area contributed by atoms with E-state index in [9.17, 15) is 9.59 Å². The molecule has 3 nitrogen and oxygen atoms in total. The Morgan fingerprint density at radius 1 is 0.579 bits per heavy atom. The lowest BCUT2D eigenvalue weighted by molar-refractivity contribution is 0.659. The van der Waals surface area contributed by atoms with Crippen LogP contribution in [0, 0.1) is 0 Å². The van der Waals surface area contributed by atoms with E-state index in [1.165, 1.54) is 10.5 Å². The molecule has 0 saturated heterocycles. The molecule has 38 heavy (non-hydrogen) atoms. The second-order valence-corrected chi connectivity index (χ2v) is 11.2. The minimum atomic E-state index is -0.521. The average Bonchev–Trinajstić information content (AvgIpc) is 2.97. The van der Waals surface area contributed by atoms with Crippen molar-refractivity contribution in [2.24, 2.45) is 0 Å². The topological polar surface area (TPSA) is 38.5 Å². The van der Waals surface area contributed by atoms with Crippen molar-refractivity contribution in [1.29, 1.82) is 0 Å². The van der Waals surface area contributed by atoms with Gasteiger partial charge in [0.2, 0.25) is 0 Å².